The topological polar surface area (TPSA) is 12.9 Å². The zero-order valence-corrected chi connectivity index (χ0v) is 14.3. The molecule has 110 valence electrons. The Bertz CT molecular complexity index is 721. The molecule has 3 aromatic rings. The first-order chi connectivity index (χ1) is 10.6. The van der Waals surface area contributed by atoms with Gasteiger partial charge < -0.3 is 0 Å². The minimum absolute atomic E-state index is 0.664. The predicted molar refractivity (Wildman–Crippen MR) is 97.4 cm³/mol. The Morgan fingerprint density at radius 3 is 1.73 bits per heavy atom. The number of aryl methyl sites for hydroxylation is 2. The van der Waals surface area contributed by atoms with Crippen molar-refractivity contribution < 1.29 is 0 Å². The van der Waals surface area contributed by atoms with Crippen molar-refractivity contribution in [2.24, 2.45) is 0 Å². The van der Waals surface area contributed by atoms with Gasteiger partial charge in [0.15, 0.2) is 0 Å². The maximum Gasteiger partial charge on any atom is 0.0672 e. The van der Waals surface area contributed by atoms with Gasteiger partial charge in [-0.05, 0) is 38.4 Å². The second kappa shape index (κ2) is 6.60. The second-order valence-electron chi connectivity index (χ2n) is 5.33. The monoisotopic (exact) mass is 325 g/mol. The number of hydrogen-bond donors (Lipinski definition) is 0. The lowest BCUT2D eigenvalue weighted by atomic mass is 10.2. The quantitative estimate of drug-likeness (QED) is 0.660. The molecule has 0 aliphatic carbocycles. The van der Waals surface area contributed by atoms with Gasteiger partial charge >= 0.3 is 0 Å². The molecule has 0 spiro atoms. The van der Waals surface area contributed by atoms with Gasteiger partial charge in [0.05, 0.1) is 5.02 Å². The highest BCUT2D eigenvalue weighted by Crippen LogP contribution is 2.35. The van der Waals surface area contributed by atoms with Gasteiger partial charge in [0.2, 0.25) is 0 Å². The third kappa shape index (κ3) is 3.21. The van der Waals surface area contributed by atoms with E-state index in [-0.39, 0.29) is 0 Å². The van der Waals surface area contributed by atoms with E-state index in [0.29, 0.717) is 0 Å². The average molecular weight is 326 g/mol. The molecule has 3 heteroatoms. The van der Waals surface area contributed by atoms with E-state index in [1.165, 1.54) is 21.7 Å². The van der Waals surface area contributed by atoms with Gasteiger partial charge in [-0.1, -0.05) is 71.3 Å². The largest absolute Gasteiger partial charge is 0.263 e. The van der Waals surface area contributed by atoms with E-state index < -0.39 is 7.92 Å². The van der Waals surface area contributed by atoms with Crippen molar-refractivity contribution in [2.45, 2.75) is 13.8 Å². The smallest absolute Gasteiger partial charge is 0.0672 e. The summed E-state index contributed by atoms with van der Waals surface area (Å²) in [4.78, 5) is 4.12. The number of benzene rings is 2. The highest BCUT2D eigenvalue weighted by molar-refractivity contribution is 7.80. The fourth-order valence-corrected chi connectivity index (χ4v) is 4.97. The molecule has 0 atom stereocenters. The molecule has 3 rings (SSSR count). The molecule has 1 aromatic heterocycles. The Labute approximate surface area is 137 Å². The normalized spacial score (nSPS) is 10.9. The van der Waals surface area contributed by atoms with Crippen LogP contribution in [0.1, 0.15) is 11.1 Å². The van der Waals surface area contributed by atoms with E-state index in [9.17, 15) is 0 Å². The van der Waals surface area contributed by atoms with E-state index in [0.717, 1.165) is 10.3 Å². The zero-order valence-electron chi connectivity index (χ0n) is 12.6. The van der Waals surface area contributed by atoms with Crippen molar-refractivity contribution in [1.29, 1.82) is 0 Å². The lowest BCUT2D eigenvalue weighted by Crippen LogP contribution is -2.21. The van der Waals surface area contributed by atoms with Crippen LogP contribution < -0.4 is 15.9 Å². The molecule has 0 saturated carbocycles. The van der Waals surface area contributed by atoms with Crippen molar-refractivity contribution in [3.63, 3.8) is 0 Å². The second-order valence-corrected chi connectivity index (χ2v) is 7.93. The molecular weight excluding hydrogens is 309 g/mol. The molecule has 0 fully saturated rings. The predicted octanol–water partition coefficient (Wildman–Crippen LogP) is 4.11. The molecule has 22 heavy (non-hydrogen) atoms. The summed E-state index contributed by atoms with van der Waals surface area (Å²) in [5, 5.41) is 4.49. The van der Waals surface area contributed by atoms with Gasteiger partial charge in [0.1, 0.15) is 0 Å². The fraction of sp³-hybridized carbons (Fsp3) is 0.105. The van der Waals surface area contributed by atoms with Crippen LogP contribution in [-0.4, -0.2) is 4.98 Å². The van der Waals surface area contributed by atoms with Crippen molar-refractivity contribution in [3.05, 3.63) is 83.1 Å². The first-order valence-corrected chi connectivity index (χ1v) is 8.90. The van der Waals surface area contributed by atoms with Crippen LogP contribution in [-0.2, 0) is 0 Å². The molecular formula is C19H17ClNP. The summed E-state index contributed by atoms with van der Waals surface area (Å²) >= 11 is 6.44. The molecule has 0 unspecified atom stereocenters. The molecule has 1 heterocycles. The van der Waals surface area contributed by atoms with Gasteiger partial charge in [-0.2, -0.15) is 0 Å². The van der Waals surface area contributed by atoms with Crippen LogP contribution in [0.4, 0.5) is 0 Å². The van der Waals surface area contributed by atoms with E-state index >= 15 is 0 Å². The van der Waals surface area contributed by atoms with Gasteiger partial charge in [0.25, 0.3) is 0 Å². The number of halogens is 1. The Kier molecular flexibility index (Phi) is 4.57. The van der Waals surface area contributed by atoms with Gasteiger partial charge in [-0.3, -0.25) is 4.98 Å². The summed E-state index contributed by atoms with van der Waals surface area (Å²) in [6.07, 6.45) is 3.55. The van der Waals surface area contributed by atoms with Crippen LogP contribution in [0, 0.1) is 13.8 Å². The SMILES string of the molecule is Cc1ccc(P(c2ccc(C)cc2)c2ccncc2Cl)cc1. The first-order valence-electron chi connectivity index (χ1n) is 7.18. The third-order valence-electron chi connectivity index (χ3n) is 3.58. The van der Waals surface area contributed by atoms with Crippen LogP contribution in [0.5, 0.6) is 0 Å². The van der Waals surface area contributed by atoms with E-state index in [1.807, 2.05) is 12.3 Å². The number of aromatic nitrogens is 1. The maximum absolute atomic E-state index is 6.44. The molecule has 0 aliphatic rings. The van der Waals surface area contributed by atoms with Crippen LogP contribution in [0.2, 0.25) is 5.02 Å². The Morgan fingerprint density at radius 2 is 1.27 bits per heavy atom. The molecule has 0 aliphatic heterocycles. The van der Waals surface area contributed by atoms with Crippen molar-refractivity contribution in [1.82, 2.24) is 4.98 Å². The maximum atomic E-state index is 6.44. The zero-order chi connectivity index (χ0) is 15.5. The number of rotatable bonds is 3. The lowest BCUT2D eigenvalue weighted by Gasteiger charge is -2.20. The number of hydrogen-bond acceptors (Lipinski definition) is 1. The van der Waals surface area contributed by atoms with E-state index in [4.69, 9.17) is 11.6 Å². The molecule has 0 bridgehead atoms. The molecule has 0 amide bonds. The van der Waals surface area contributed by atoms with Crippen LogP contribution >= 0.6 is 19.5 Å². The molecule has 0 saturated heterocycles. The highest BCUT2D eigenvalue weighted by Gasteiger charge is 2.18. The third-order valence-corrected chi connectivity index (χ3v) is 6.51. The van der Waals surface area contributed by atoms with Crippen LogP contribution in [0.3, 0.4) is 0 Å². The van der Waals surface area contributed by atoms with Crippen LogP contribution in [0.25, 0.3) is 0 Å². The molecule has 2 aromatic carbocycles. The van der Waals surface area contributed by atoms with Gasteiger partial charge in [0, 0.05) is 17.7 Å². The average Bonchev–Trinajstić information content (AvgIpc) is 2.53. The van der Waals surface area contributed by atoms with Crippen LogP contribution in [0.15, 0.2) is 67.0 Å². The standard InChI is InChI=1S/C19H17ClNP/c1-14-3-7-16(8-4-14)22(17-9-5-15(2)6-10-17)19-11-12-21-13-18(19)20/h3-13H,1-2H3. The number of nitrogens with zero attached hydrogens (tertiary/aromatic N) is 1. The summed E-state index contributed by atoms with van der Waals surface area (Å²) in [6, 6.07) is 19.5. The van der Waals surface area contributed by atoms with Gasteiger partial charge in [-0.15, -0.1) is 0 Å². The van der Waals surface area contributed by atoms with Crippen molar-refractivity contribution in [2.75, 3.05) is 0 Å². The molecule has 0 radical (unpaired) electrons. The van der Waals surface area contributed by atoms with E-state index in [2.05, 4.69) is 67.4 Å². The van der Waals surface area contributed by atoms with Crippen molar-refractivity contribution in [3.8, 4) is 0 Å². The van der Waals surface area contributed by atoms with Crippen molar-refractivity contribution >= 4 is 35.4 Å². The minimum Gasteiger partial charge on any atom is -0.263 e. The fourth-order valence-electron chi connectivity index (χ4n) is 2.36. The molecule has 1 nitrogen and oxygen atoms in total. The Hall–Kier alpha value is -1.69. The summed E-state index contributed by atoms with van der Waals surface area (Å²) in [7, 11) is -0.664. The minimum atomic E-state index is -0.664. The highest BCUT2D eigenvalue weighted by atomic mass is 35.5. The summed E-state index contributed by atoms with van der Waals surface area (Å²) in [5.74, 6) is 0. The van der Waals surface area contributed by atoms with E-state index in [1.54, 1.807) is 6.20 Å². The Morgan fingerprint density at radius 1 is 0.773 bits per heavy atom. The molecule has 0 N–H and O–H groups in total. The number of pyridine rings is 1. The Balaban J connectivity index is 2.16. The summed E-state index contributed by atoms with van der Waals surface area (Å²) < 4.78 is 0. The first kappa shape index (κ1) is 15.2. The summed E-state index contributed by atoms with van der Waals surface area (Å²) in [5.41, 5.74) is 2.53. The summed E-state index contributed by atoms with van der Waals surface area (Å²) in [6.45, 7) is 4.22. The van der Waals surface area contributed by atoms with Gasteiger partial charge in [-0.25, -0.2) is 0 Å². The lowest BCUT2D eigenvalue weighted by molar-refractivity contribution is 1.34.